The third-order valence-electron chi connectivity index (χ3n) is 3.38. The highest BCUT2D eigenvalue weighted by molar-refractivity contribution is 5.90. The Hall–Kier alpha value is -3.00. The molecule has 22 heavy (non-hydrogen) atoms. The van der Waals surface area contributed by atoms with Crippen molar-refractivity contribution >= 4 is 11.6 Å². The largest absolute Gasteiger partial charge is 0.454 e. The van der Waals surface area contributed by atoms with Crippen molar-refractivity contribution in [3.8, 4) is 17.6 Å². The monoisotopic (exact) mass is 294 g/mol. The number of nitriles is 1. The highest BCUT2D eigenvalue weighted by Gasteiger charge is 2.13. The van der Waals surface area contributed by atoms with Crippen LogP contribution < -0.4 is 14.8 Å². The summed E-state index contributed by atoms with van der Waals surface area (Å²) in [5.41, 5.74) is 2.28. The van der Waals surface area contributed by atoms with Crippen LogP contribution in [0.25, 0.3) is 0 Å². The van der Waals surface area contributed by atoms with Gasteiger partial charge in [-0.15, -0.1) is 0 Å². The van der Waals surface area contributed by atoms with Crippen LogP contribution in [0.3, 0.4) is 0 Å². The second kappa shape index (κ2) is 6.19. The maximum absolute atomic E-state index is 11.9. The Labute approximate surface area is 128 Å². The third kappa shape index (κ3) is 3.18. The van der Waals surface area contributed by atoms with Gasteiger partial charge in [0.1, 0.15) is 0 Å². The van der Waals surface area contributed by atoms with Crippen molar-refractivity contribution in [1.29, 1.82) is 5.26 Å². The molecule has 0 unspecified atom stereocenters. The third-order valence-corrected chi connectivity index (χ3v) is 3.38. The van der Waals surface area contributed by atoms with Crippen LogP contribution in [0.5, 0.6) is 11.5 Å². The fraction of sp³-hybridized carbons (Fsp3) is 0.176. The summed E-state index contributed by atoms with van der Waals surface area (Å²) in [5.74, 6) is 1.40. The minimum absolute atomic E-state index is 0.0672. The first kappa shape index (κ1) is 14.0. The Balaban J connectivity index is 1.54. The van der Waals surface area contributed by atoms with E-state index >= 15 is 0 Å². The lowest BCUT2D eigenvalue weighted by Crippen LogP contribution is -2.12. The molecule has 0 radical (unpaired) electrons. The molecular weight excluding hydrogens is 280 g/mol. The van der Waals surface area contributed by atoms with Gasteiger partial charge in [-0.1, -0.05) is 6.07 Å². The molecule has 5 nitrogen and oxygen atoms in total. The zero-order valence-electron chi connectivity index (χ0n) is 11.8. The zero-order chi connectivity index (χ0) is 15.4. The van der Waals surface area contributed by atoms with Crippen LogP contribution in [0.1, 0.15) is 17.5 Å². The highest BCUT2D eigenvalue weighted by atomic mass is 16.7. The summed E-state index contributed by atoms with van der Waals surface area (Å²) in [7, 11) is 0. The number of hydrogen-bond donors (Lipinski definition) is 1. The Bertz CT molecular complexity index is 733. The molecule has 2 aromatic carbocycles. The van der Waals surface area contributed by atoms with Gasteiger partial charge in [0.05, 0.1) is 11.6 Å². The molecule has 0 spiro atoms. The maximum atomic E-state index is 11.9. The summed E-state index contributed by atoms with van der Waals surface area (Å²) in [4.78, 5) is 11.9. The molecule has 2 aromatic rings. The fourth-order valence-corrected chi connectivity index (χ4v) is 2.21. The van der Waals surface area contributed by atoms with Gasteiger partial charge < -0.3 is 14.8 Å². The molecule has 0 fully saturated rings. The fourth-order valence-electron chi connectivity index (χ4n) is 2.21. The molecule has 1 aliphatic heterocycles. The van der Waals surface area contributed by atoms with E-state index in [4.69, 9.17) is 14.7 Å². The summed E-state index contributed by atoms with van der Waals surface area (Å²) in [5, 5.41) is 11.5. The van der Waals surface area contributed by atoms with Gasteiger partial charge in [-0.2, -0.15) is 5.26 Å². The Morgan fingerprint density at radius 1 is 1.14 bits per heavy atom. The van der Waals surface area contributed by atoms with Crippen molar-refractivity contribution in [3.05, 3.63) is 53.6 Å². The van der Waals surface area contributed by atoms with Crippen molar-refractivity contribution in [1.82, 2.24) is 0 Å². The molecule has 0 saturated carbocycles. The first-order valence-electron chi connectivity index (χ1n) is 6.93. The smallest absolute Gasteiger partial charge is 0.231 e. The molecule has 0 atom stereocenters. The number of rotatable bonds is 4. The molecule has 1 N–H and O–H groups in total. The molecule has 0 aliphatic carbocycles. The van der Waals surface area contributed by atoms with Crippen LogP contribution in [0.4, 0.5) is 5.69 Å². The molecule has 1 heterocycles. The van der Waals surface area contributed by atoms with E-state index < -0.39 is 0 Å². The lowest BCUT2D eigenvalue weighted by molar-refractivity contribution is -0.116. The van der Waals surface area contributed by atoms with Crippen molar-refractivity contribution in [2.75, 3.05) is 12.1 Å². The van der Waals surface area contributed by atoms with Gasteiger partial charge in [-0.05, 0) is 48.4 Å². The minimum Gasteiger partial charge on any atom is -0.454 e. The summed E-state index contributed by atoms with van der Waals surface area (Å²) in [6.07, 6.45) is 0.998. The van der Waals surface area contributed by atoms with E-state index in [2.05, 4.69) is 5.32 Å². The minimum atomic E-state index is -0.0672. The molecule has 110 valence electrons. The lowest BCUT2D eigenvalue weighted by atomic mass is 10.1. The molecule has 0 bridgehead atoms. The van der Waals surface area contributed by atoms with Gasteiger partial charge in [0.2, 0.25) is 12.7 Å². The van der Waals surface area contributed by atoms with Gasteiger partial charge in [-0.3, -0.25) is 4.79 Å². The highest BCUT2D eigenvalue weighted by Crippen LogP contribution is 2.32. The SMILES string of the molecule is N#Cc1ccc(NC(=O)CCc2ccc3c(c2)OCO3)cc1. The van der Waals surface area contributed by atoms with Gasteiger partial charge in [0, 0.05) is 12.1 Å². The van der Waals surface area contributed by atoms with Gasteiger partial charge in [0.15, 0.2) is 11.5 Å². The van der Waals surface area contributed by atoms with Crippen LogP contribution in [0, 0.1) is 11.3 Å². The van der Waals surface area contributed by atoms with E-state index in [-0.39, 0.29) is 12.7 Å². The second-order valence-corrected chi connectivity index (χ2v) is 4.92. The topological polar surface area (TPSA) is 71.4 Å². The number of carbonyl (C=O) groups excluding carboxylic acids is 1. The number of fused-ring (bicyclic) bond motifs is 1. The zero-order valence-corrected chi connectivity index (χ0v) is 11.8. The van der Waals surface area contributed by atoms with E-state index in [9.17, 15) is 4.79 Å². The predicted octanol–water partition coefficient (Wildman–Crippen LogP) is 2.86. The lowest BCUT2D eigenvalue weighted by Gasteiger charge is -2.06. The average molecular weight is 294 g/mol. The number of benzene rings is 2. The van der Waals surface area contributed by atoms with E-state index in [1.807, 2.05) is 24.3 Å². The summed E-state index contributed by atoms with van der Waals surface area (Å²) in [6.45, 7) is 0.248. The summed E-state index contributed by atoms with van der Waals surface area (Å²) >= 11 is 0. The molecule has 0 saturated heterocycles. The Morgan fingerprint density at radius 2 is 1.91 bits per heavy atom. The van der Waals surface area contributed by atoms with Gasteiger partial charge in [0.25, 0.3) is 0 Å². The van der Waals surface area contributed by atoms with Crippen LogP contribution in [0.2, 0.25) is 0 Å². The van der Waals surface area contributed by atoms with Crippen molar-refractivity contribution in [3.63, 3.8) is 0 Å². The number of amides is 1. The first-order chi connectivity index (χ1) is 10.7. The summed E-state index contributed by atoms with van der Waals surface area (Å²) < 4.78 is 10.6. The molecular formula is C17H14N2O3. The van der Waals surface area contributed by atoms with Crippen molar-refractivity contribution in [2.24, 2.45) is 0 Å². The number of anilines is 1. The standard InChI is InChI=1S/C17H14N2O3/c18-10-13-1-5-14(6-2-13)19-17(20)8-4-12-3-7-15-16(9-12)22-11-21-15/h1-3,5-7,9H,4,8,11H2,(H,19,20). The maximum Gasteiger partial charge on any atom is 0.231 e. The van der Waals surface area contributed by atoms with Crippen LogP contribution in [-0.2, 0) is 11.2 Å². The van der Waals surface area contributed by atoms with Crippen molar-refractivity contribution < 1.29 is 14.3 Å². The molecule has 3 rings (SSSR count). The Morgan fingerprint density at radius 3 is 2.68 bits per heavy atom. The normalized spacial score (nSPS) is 11.8. The quantitative estimate of drug-likeness (QED) is 0.941. The number of nitrogens with zero attached hydrogens (tertiary/aromatic N) is 1. The van der Waals surface area contributed by atoms with Crippen LogP contribution in [0.15, 0.2) is 42.5 Å². The van der Waals surface area contributed by atoms with Gasteiger partial charge >= 0.3 is 0 Å². The van der Waals surface area contributed by atoms with E-state index in [0.717, 1.165) is 17.1 Å². The number of carbonyl (C=O) groups is 1. The molecule has 5 heteroatoms. The van der Waals surface area contributed by atoms with Gasteiger partial charge in [-0.25, -0.2) is 0 Å². The molecule has 0 aromatic heterocycles. The number of aryl methyl sites for hydroxylation is 1. The van der Waals surface area contributed by atoms with E-state index in [1.54, 1.807) is 24.3 Å². The Kier molecular flexibility index (Phi) is 3.92. The van der Waals surface area contributed by atoms with E-state index in [0.29, 0.717) is 24.1 Å². The molecule has 1 aliphatic rings. The first-order valence-corrected chi connectivity index (χ1v) is 6.93. The van der Waals surface area contributed by atoms with Crippen molar-refractivity contribution in [2.45, 2.75) is 12.8 Å². The molecule has 1 amide bonds. The second-order valence-electron chi connectivity index (χ2n) is 4.92. The number of hydrogen-bond acceptors (Lipinski definition) is 4. The predicted molar refractivity (Wildman–Crippen MR) is 80.7 cm³/mol. The van der Waals surface area contributed by atoms with Crippen LogP contribution >= 0.6 is 0 Å². The number of nitrogens with one attached hydrogen (secondary N) is 1. The van der Waals surface area contributed by atoms with E-state index in [1.165, 1.54) is 0 Å². The summed E-state index contributed by atoms with van der Waals surface area (Å²) in [6, 6.07) is 14.5. The number of ether oxygens (including phenoxy) is 2. The average Bonchev–Trinajstić information content (AvgIpc) is 3.01. The van der Waals surface area contributed by atoms with Crippen LogP contribution in [-0.4, -0.2) is 12.7 Å².